The monoisotopic (exact) mass is 210 g/mol. The summed E-state index contributed by atoms with van der Waals surface area (Å²) < 4.78 is 4.92. The van der Waals surface area contributed by atoms with Gasteiger partial charge in [0.05, 0.1) is 12.5 Å². The van der Waals surface area contributed by atoms with E-state index in [-0.39, 0.29) is 16.8 Å². The van der Waals surface area contributed by atoms with E-state index in [1.54, 1.807) is 0 Å². The SMILES string of the molecule is COC(=O)C12CNCC1(CNC1CC1)C2. The van der Waals surface area contributed by atoms with Crippen molar-refractivity contribution in [3.63, 3.8) is 0 Å². The first kappa shape index (κ1) is 9.60. The predicted octanol–water partition coefficient (Wildman–Crippen LogP) is -0.109. The van der Waals surface area contributed by atoms with Crippen LogP contribution in [0.25, 0.3) is 0 Å². The Morgan fingerprint density at radius 3 is 3.00 bits per heavy atom. The van der Waals surface area contributed by atoms with Crippen molar-refractivity contribution >= 4 is 5.97 Å². The summed E-state index contributed by atoms with van der Waals surface area (Å²) in [6.07, 6.45) is 3.60. The maximum atomic E-state index is 11.8. The van der Waals surface area contributed by atoms with E-state index < -0.39 is 0 Å². The Labute approximate surface area is 89.7 Å². The molecule has 0 aromatic heterocycles. The number of fused-ring (bicyclic) bond motifs is 1. The van der Waals surface area contributed by atoms with Crippen LogP contribution in [-0.2, 0) is 9.53 Å². The van der Waals surface area contributed by atoms with Gasteiger partial charge in [0.25, 0.3) is 0 Å². The highest BCUT2D eigenvalue weighted by Crippen LogP contribution is 2.66. The van der Waals surface area contributed by atoms with Crippen LogP contribution in [0.15, 0.2) is 0 Å². The second kappa shape index (κ2) is 2.95. The van der Waals surface area contributed by atoms with Gasteiger partial charge in [0, 0.05) is 31.1 Å². The van der Waals surface area contributed by atoms with Crippen LogP contribution in [-0.4, -0.2) is 38.8 Å². The van der Waals surface area contributed by atoms with E-state index >= 15 is 0 Å². The van der Waals surface area contributed by atoms with Crippen molar-refractivity contribution in [2.45, 2.75) is 25.3 Å². The first-order valence-electron chi connectivity index (χ1n) is 5.75. The number of hydrogen-bond donors (Lipinski definition) is 2. The van der Waals surface area contributed by atoms with Gasteiger partial charge >= 0.3 is 5.97 Å². The summed E-state index contributed by atoms with van der Waals surface area (Å²) in [6, 6.07) is 0.718. The maximum Gasteiger partial charge on any atom is 0.313 e. The molecule has 84 valence electrons. The van der Waals surface area contributed by atoms with E-state index in [1.807, 2.05) is 0 Å². The molecule has 0 bridgehead atoms. The third kappa shape index (κ3) is 1.24. The van der Waals surface area contributed by atoms with Crippen molar-refractivity contribution in [1.82, 2.24) is 10.6 Å². The highest BCUT2D eigenvalue weighted by Gasteiger charge is 2.74. The average Bonchev–Trinajstić information content (AvgIpc) is 3.15. The molecular formula is C11H18N2O2. The molecule has 3 aliphatic rings. The topological polar surface area (TPSA) is 50.4 Å². The lowest BCUT2D eigenvalue weighted by Gasteiger charge is -2.15. The molecule has 2 atom stereocenters. The molecule has 0 spiro atoms. The van der Waals surface area contributed by atoms with E-state index in [4.69, 9.17) is 4.74 Å². The van der Waals surface area contributed by atoms with Crippen LogP contribution < -0.4 is 10.6 Å². The zero-order valence-corrected chi connectivity index (χ0v) is 9.14. The smallest absolute Gasteiger partial charge is 0.313 e. The number of ether oxygens (including phenoxy) is 1. The van der Waals surface area contributed by atoms with Gasteiger partial charge in [0.2, 0.25) is 0 Å². The minimum Gasteiger partial charge on any atom is -0.469 e. The fraction of sp³-hybridized carbons (Fsp3) is 0.909. The number of piperidine rings is 1. The molecule has 0 radical (unpaired) electrons. The summed E-state index contributed by atoms with van der Waals surface area (Å²) in [5.74, 6) is -0.0231. The van der Waals surface area contributed by atoms with Gasteiger partial charge in [-0.1, -0.05) is 0 Å². The molecule has 0 aromatic carbocycles. The third-order valence-corrected chi connectivity index (χ3v) is 4.30. The molecule has 3 fully saturated rings. The van der Waals surface area contributed by atoms with Gasteiger partial charge in [-0.05, 0) is 19.3 Å². The Morgan fingerprint density at radius 2 is 2.33 bits per heavy atom. The van der Waals surface area contributed by atoms with Crippen molar-refractivity contribution in [2.75, 3.05) is 26.7 Å². The number of nitrogens with one attached hydrogen (secondary N) is 2. The van der Waals surface area contributed by atoms with Crippen molar-refractivity contribution < 1.29 is 9.53 Å². The molecule has 2 aliphatic carbocycles. The van der Waals surface area contributed by atoms with Gasteiger partial charge < -0.3 is 15.4 Å². The van der Waals surface area contributed by atoms with Gasteiger partial charge in [-0.15, -0.1) is 0 Å². The van der Waals surface area contributed by atoms with E-state index in [0.29, 0.717) is 0 Å². The van der Waals surface area contributed by atoms with E-state index in [2.05, 4.69) is 10.6 Å². The summed E-state index contributed by atoms with van der Waals surface area (Å²) in [6.45, 7) is 2.73. The maximum absolute atomic E-state index is 11.8. The molecule has 1 aliphatic heterocycles. The van der Waals surface area contributed by atoms with Crippen molar-refractivity contribution in [3.05, 3.63) is 0 Å². The molecule has 2 N–H and O–H groups in total. The normalized spacial score (nSPS) is 42.5. The lowest BCUT2D eigenvalue weighted by molar-refractivity contribution is -0.147. The van der Waals surface area contributed by atoms with Crippen molar-refractivity contribution in [2.24, 2.45) is 10.8 Å². The summed E-state index contributed by atoms with van der Waals surface area (Å²) in [5, 5.41) is 6.86. The molecule has 1 saturated heterocycles. The van der Waals surface area contributed by atoms with Crippen LogP contribution in [0.5, 0.6) is 0 Å². The molecule has 15 heavy (non-hydrogen) atoms. The van der Waals surface area contributed by atoms with Gasteiger partial charge in [-0.25, -0.2) is 0 Å². The number of carbonyl (C=O) groups is 1. The largest absolute Gasteiger partial charge is 0.469 e. The minimum absolute atomic E-state index is 0.0231. The first-order valence-corrected chi connectivity index (χ1v) is 5.75. The number of rotatable bonds is 4. The Bertz CT molecular complexity index is 303. The molecule has 4 nitrogen and oxygen atoms in total. The third-order valence-electron chi connectivity index (χ3n) is 4.30. The summed E-state index contributed by atoms with van der Waals surface area (Å²) in [7, 11) is 1.49. The molecule has 3 rings (SSSR count). The highest BCUT2D eigenvalue weighted by molar-refractivity contribution is 5.83. The van der Waals surface area contributed by atoms with Crippen LogP contribution in [0.3, 0.4) is 0 Å². The summed E-state index contributed by atoms with van der Waals surface area (Å²) in [5.41, 5.74) is -0.0493. The lowest BCUT2D eigenvalue weighted by Crippen LogP contribution is -2.33. The average molecular weight is 210 g/mol. The zero-order valence-electron chi connectivity index (χ0n) is 9.14. The Balaban J connectivity index is 1.68. The van der Waals surface area contributed by atoms with Crippen LogP contribution in [0.1, 0.15) is 19.3 Å². The van der Waals surface area contributed by atoms with Gasteiger partial charge in [-0.2, -0.15) is 0 Å². The minimum atomic E-state index is -0.205. The fourth-order valence-corrected chi connectivity index (χ4v) is 3.01. The second-order valence-electron chi connectivity index (χ2n) is 5.29. The quantitative estimate of drug-likeness (QED) is 0.636. The standard InChI is InChI=1S/C11H18N2O2/c1-15-9(14)11-4-10(11,5-12-7-11)6-13-8-2-3-8/h8,12-13H,2-7H2,1H3. The Kier molecular flexibility index (Phi) is 1.89. The highest BCUT2D eigenvalue weighted by atomic mass is 16.5. The van der Waals surface area contributed by atoms with Gasteiger partial charge in [0.15, 0.2) is 0 Å². The van der Waals surface area contributed by atoms with Crippen molar-refractivity contribution in [1.29, 1.82) is 0 Å². The number of carbonyl (C=O) groups excluding carboxylic acids is 1. The molecule has 2 saturated carbocycles. The number of esters is 1. The van der Waals surface area contributed by atoms with Crippen LogP contribution in [0.2, 0.25) is 0 Å². The summed E-state index contributed by atoms with van der Waals surface area (Å²) in [4.78, 5) is 11.8. The number of hydrogen-bond acceptors (Lipinski definition) is 4. The molecule has 0 aromatic rings. The van der Waals surface area contributed by atoms with E-state index in [1.165, 1.54) is 20.0 Å². The molecule has 4 heteroatoms. The van der Waals surface area contributed by atoms with Crippen LogP contribution in [0.4, 0.5) is 0 Å². The van der Waals surface area contributed by atoms with Crippen LogP contribution >= 0.6 is 0 Å². The predicted molar refractivity (Wildman–Crippen MR) is 55.4 cm³/mol. The summed E-state index contributed by atoms with van der Waals surface area (Å²) >= 11 is 0. The van der Waals surface area contributed by atoms with Crippen molar-refractivity contribution in [3.8, 4) is 0 Å². The molecular weight excluding hydrogens is 192 g/mol. The Hall–Kier alpha value is -0.610. The van der Waals surface area contributed by atoms with Gasteiger partial charge in [-0.3, -0.25) is 4.79 Å². The lowest BCUT2D eigenvalue weighted by atomic mass is 9.96. The fourth-order valence-electron chi connectivity index (χ4n) is 3.01. The molecule has 0 amide bonds. The molecule has 2 unspecified atom stereocenters. The molecule has 1 heterocycles. The second-order valence-corrected chi connectivity index (χ2v) is 5.29. The zero-order chi connectivity index (χ0) is 10.5. The first-order chi connectivity index (χ1) is 7.22. The van der Waals surface area contributed by atoms with E-state index in [9.17, 15) is 4.79 Å². The Morgan fingerprint density at radius 1 is 1.53 bits per heavy atom. The van der Waals surface area contributed by atoms with Gasteiger partial charge in [0.1, 0.15) is 0 Å². The number of methoxy groups -OCH3 is 1. The van der Waals surface area contributed by atoms with E-state index in [0.717, 1.165) is 32.1 Å². The van der Waals surface area contributed by atoms with Crippen LogP contribution in [0, 0.1) is 10.8 Å².